The van der Waals surface area contributed by atoms with Crippen LogP contribution in [0, 0.1) is 0 Å². The Bertz CT molecular complexity index is 951. The third-order valence-electron chi connectivity index (χ3n) is 5.45. The predicted molar refractivity (Wildman–Crippen MR) is 103 cm³/mol. The molecule has 0 radical (unpaired) electrons. The minimum Gasteiger partial charge on any atom is -0.336 e. The molecule has 0 saturated carbocycles. The van der Waals surface area contributed by atoms with E-state index in [1.807, 2.05) is 10.9 Å². The summed E-state index contributed by atoms with van der Waals surface area (Å²) in [5.41, 5.74) is 2.76. The highest BCUT2D eigenvalue weighted by Gasteiger charge is 2.42. The fourth-order valence-electron chi connectivity index (χ4n) is 4.03. The third-order valence-corrected chi connectivity index (χ3v) is 5.45. The quantitative estimate of drug-likeness (QED) is 0.749. The molecule has 4 rings (SSSR count). The summed E-state index contributed by atoms with van der Waals surface area (Å²) in [6.07, 6.45) is 2.51. The second-order valence-corrected chi connectivity index (χ2v) is 8.41. The summed E-state index contributed by atoms with van der Waals surface area (Å²) < 4.78 is 2.01. The molecule has 1 aromatic heterocycles. The Morgan fingerprint density at radius 1 is 1.11 bits per heavy atom. The van der Waals surface area contributed by atoms with Crippen LogP contribution in [-0.4, -0.2) is 49.9 Å². The average Bonchev–Trinajstić information content (AvgIpc) is 3.20. The Labute approximate surface area is 163 Å². The SMILES string of the molecule is CC(C(=O)N1CCc2c(cnn2C(C)(C)C)C1)N1C(=O)c2ccccc2C1=O. The van der Waals surface area contributed by atoms with Gasteiger partial charge in [-0.1, -0.05) is 12.1 Å². The van der Waals surface area contributed by atoms with Gasteiger partial charge in [0, 0.05) is 30.8 Å². The van der Waals surface area contributed by atoms with Crippen molar-refractivity contribution < 1.29 is 14.4 Å². The van der Waals surface area contributed by atoms with Gasteiger partial charge in [0.1, 0.15) is 6.04 Å². The molecular formula is C21H24N4O3. The van der Waals surface area contributed by atoms with E-state index in [0.717, 1.165) is 16.2 Å². The first-order valence-electron chi connectivity index (χ1n) is 9.52. The molecule has 3 heterocycles. The Balaban J connectivity index is 1.54. The van der Waals surface area contributed by atoms with E-state index in [4.69, 9.17) is 0 Å². The summed E-state index contributed by atoms with van der Waals surface area (Å²) in [6.45, 7) is 8.91. The summed E-state index contributed by atoms with van der Waals surface area (Å²) in [6, 6.07) is 5.85. The van der Waals surface area contributed by atoms with E-state index >= 15 is 0 Å². The predicted octanol–water partition coefficient (Wildman–Crippen LogP) is 2.21. The number of fused-ring (bicyclic) bond motifs is 2. The van der Waals surface area contributed by atoms with Crippen LogP contribution in [0.5, 0.6) is 0 Å². The lowest BCUT2D eigenvalue weighted by Gasteiger charge is -2.33. The number of hydrogen-bond donors (Lipinski definition) is 0. The van der Waals surface area contributed by atoms with E-state index < -0.39 is 17.9 Å². The van der Waals surface area contributed by atoms with E-state index in [0.29, 0.717) is 30.6 Å². The highest BCUT2D eigenvalue weighted by molar-refractivity contribution is 6.22. The molecule has 7 heteroatoms. The monoisotopic (exact) mass is 380 g/mol. The van der Waals surface area contributed by atoms with Crippen LogP contribution < -0.4 is 0 Å². The molecule has 0 spiro atoms. The van der Waals surface area contributed by atoms with Crippen molar-refractivity contribution in [2.45, 2.75) is 52.2 Å². The molecule has 7 nitrogen and oxygen atoms in total. The lowest BCUT2D eigenvalue weighted by Crippen LogP contribution is -2.50. The first-order chi connectivity index (χ1) is 13.2. The maximum absolute atomic E-state index is 13.1. The number of rotatable bonds is 2. The molecule has 146 valence electrons. The van der Waals surface area contributed by atoms with Gasteiger partial charge in [-0.05, 0) is 39.8 Å². The Morgan fingerprint density at radius 3 is 2.29 bits per heavy atom. The van der Waals surface area contributed by atoms with Crippen LogP contribution in [0.3, 0.4) is 0 Å². The van der Waals surface area contributed by atoms with Gasteiger partial charge in [-0.3, -0.25) is 24.0 Å². The number of imide groups is 1. The minimum atomic E-state index is -0.841. The highest BCUT2D eigenvalue weighted by atomic mass is 16.2. The van der Waals surface area contributed by atoms with E-state index in [2.05, 4.69) is 25.9 Å². The van der Waals surface area contributed by atoms with Crippen molar-refractivity contribution in [2.24, 2.45) is 0 Å². The van der Waals surface area contributed by atoms with Crippen molar-refractivity contribution in [2.75, 3.05) is 6.54 Å². The number of hydrogen-bond acceptors (Lipinski definition) is 4. The first kappa shape index (κ1) is 18.4. The molecule has 2 aliphatic rings. The molecule has 1 aromatic carbocycles. The number of carbonyl (C=O) groups excluding carboxylic acids is 3. The van der Waals surface area contributed by atoms with Gasteiger partial charge in [-0.25, -0.2) is 0 Å². The standard InChI is InChI=1S/C21H24N4O3/c1-13(24-19(27)15-7-5-6-8-16(15)20(24)28)18(26)23-10-9-17-14(12-23)11-22-25(17)21(2,3)4/h5-8,11,13H,9-10,12H2,1-4H3. The lowest BCUT2D eigenvalue weighted by molar-refractivity contribution is -0.135. The normalized spacial score (nSPS) is 17.6. The molecule has 3 amide bonds. The second-order valence-electron chi connectivity index (χ2n) is 8.41. The van der Waals surface area contributed by atoms with Crippen LogP contribution in [0.1, 0.15) is 59.7 Å². The van der Waals surface area contributed by atoms with E-state index in [9.17, 15) is 14.4 Å². The van der Waals surface area contributed by atoms with Crippen LogP contribution >= 0.6 is 0 Å². The van der Waals surface area contributed by atoms with Crippen LogP contribution in [-0.2, 0) is 23.3 Å². The fourth-order valence-corrected chi connectivity index (χ4v) is 4.03. The molecular weight excluding hydrogens is 356 g/mol. The van der Waals surface area contributed by atoms with Crippen molar-refractivity contribution in [1.29, 1.82) is 0 Å². The van der Waals surface area contributed by atoms with Crippen molar-refractivity contribution >= 4 is 17.7 Å². The average molecular weight is 380 g/mol. The van der Waals surface area contributed by atoms with Gasteiger partial charge in [0.2, 0.25) is 5.91 Å². The first-order valence-corrected chi connectivity index (χ1v) is 9.52. The van der Waals surface area contributed by atoms with Crippen LogP contribution in [0.15, 0.2) is 30.5 Å². The van der Waals surface area contributed by atoms with Gasteiger partial charge in [0.15, 0.2) is 0 Å². The van der Waals surface area contributed by atoms with Crippen LogP contribution in [0.2, 0.25) is 0 Å². The largest absolute Gasteiger partial charge is 0.336 e. The maximum Gasteiger partial charge on any atom is 0.262 e. The molecule has 1 unspecified atom stereocenters. The number of benzene rings is 1. The molecule has 0 fully saturated rings. The summed E-state index contributed by atoms with van der Waals surface area (Å²) >= 11 is 0. The third kappa shape index (κ3) is 2.73. The van der Waals surface area contributed by atoms with Gasteiger partial charge in [0.25, 0.3) is 11.8 Å². The minimum absolute atomic E-state index is 0.118. The van der Waals surface area contributed by atoms with Crippen molar-refractivity contribution in [3.8, 4) is 0 Å². The molecule has 0 saturated heterocycles. The molecule has 0 N–H and O–H groups in total. The molecule has 2 aromatic rings. The van der Waals surface area contributed by atoms with E-state index in [1.54, 1.807) is 36.1 Å². The highest BCUT2D eigenvalue weighted by Crippen LogP contribution is 2.28. The van der Waals surface area contributed by atoms with Crippen LogP contribution in [0.4, 0.5) is 0 Å². The van der Waals surface area contributed by atoms with Gasteiger partial charge in [-0.15, -0.1) is 0 Å². The number of carbonyl (C=O) groups is 3. The Hall–Kier alpha value is -2.96. The maximum atomic E-state index is 13.1. The van der Waals surface area contributed by atoms with Crippen molar-refractivity contribution in [3.05, 3.63) is 52.8 Å². The summed E-state index contributed by atoms with van der Waals surface area (Å²) in [5, 5.41) is 4.50. The van der Waals surface area contributed by atoms with Gasteiger partial charge < -0.3 is 4.90 Å². The Morgan fingerprint density at radius 2 is 1.71 bits per heavy atom. The fraction of sp³-hybridized carbons (Fsp3) is 0.429. The van der Waals surface area contributed by atoms with Gasteiger partial charge in [0.05, 0.1) is 22.9 Å². The molecule has 1 atom stereocenters. The number of aromatic nitrogens is 2. The lowest BCUT2D eigenvalue weighted by atomic mass is 10.0. The zero-order chi connectivity index (χ0) is 20.2. The van der Waals surface area contributed by atoms with E-state index in [1.165, 1.54) is 0 Å². The van der Waals surface area contributed by atoms with Crippen molar-refractivity contribution in [3.63, 3.8) is 0 Å². The summed E-state index contributed by atoms with van der Waals surface area (Å²) in [4.78, 5) is 41.2. The smallest absolute Gasteiger partial charge is 0.262 e. The van der Waals surface area contributed by atoms with Gasteiger partial charge >= 0.3 is 0 Å². The van der Waals surface area contributed by atoms with Gasteiger partial charge in [-0.2, -0.15) is 5.10 Å². The topological polar surface area (TPSA) is 75.5 Å². The molecule has 0 aliphatic carbocycles. The Kier molecular flexibility index (Phi) is 4.14. The van der Waals surface area contributed by atoms with E-state index in [-0.39, 0.29) is 11.4 Å². The molecule has 0 bridgehead atoms. The van der Waals surface area contributed by atoms with Crippen LogP contribution in [0.25, 0.3) is 0 Å². The van der Waals surface area contributed by atoms with Crippen molar-refractivity contribution in [1.82, 2.24) is 19.6 Å². The molecule has 2 aliphatic heterocycles. The molecule has 28 heavy (non-hydrogen) atoms. The number of nitrogens with zero attached hydrogens (tertiary/aromatic N) is 4. The zero-order valence-electron chi connectivity index (χ0n) is 16.6. The number of amides is 3. The summed E-state index contributed by atoms with van der Waals surface area (Å²) in [5.74, 6) is -1.02. The zero-order valence-corrected chi connectivity index (χ0v) is 16.6. The summed E-state index contributed by atoms with van der Waals surface area (Å²) in [7, 11) is 0. The second kappa shape index (κ2) is 6.29.